The van der Waals surface area contributed by atoms with Crippen molar-refractivity contribution in [3.05, 3.63) is 35.9 Å². The lowest BCUT2D eigenvalue weighted by Gasteiger charge is -2.13. The van der Waals surface area contributed by atoms with Gasteiger partial charge in [-0.1, -0.05) is 43.7 Å². The van der Waals surface area contributed by atoms with Gasteiger partial charge >= 0.3 is 0 Å². The molecule has 0 saturated heterocycles. The molecule has 0 aliphatic heterocycles. The van der Waals surface area contributed by atoms with E-state index in [1.165, 1.54) is 0 Å². The van der Waals surface area contributed by atoms with Crippen LogP contribution in [0.15, 0.2) is 30.3 Å². The fourth-order valence-corrected chi connectivity index (χ4v) is 1.76. The summed E-state index contributed by atoms with van der Waals surface area (Å²) in [4.78, 5) is 11.8. The molecule has 1 aromatic rings. The van der Waals surface area contributed by atoms with Gasteiger partial charge in [-0.3, -0.25) is 4.79 Å². The van der Waals surface area contributed by atoms with Crippen molar-refractivity contribution >= 4 is 5.78 Å². The molecule has 0 aromatic heterocycles. The summed E-state index contributed by atoms with van der Waals surface area (Å²) in [7, 11) is 1.72. The first-order chi connectivity index (χ1) is 7.77. The van der Waals surface area contributed by atoms with Gasteiger partial charge in [0.15, 0.2) is 5.78 Å². The number of carbonyl (C=O) groups excluding carboxylic acids is 1. The van der Waals surface area contributed by atoms with Crippen LogP contribution < -0.4 is 0 Å². The van der Waals surface area contributed by atoms with Crippen LogP contribution in [0.2, 0.25) is 0 Å². The van der Waals surface area contributed by atoms with Gasteiger partial charge in [0.2, 0.25) is 0 Å². The van der Waals surface area contributed by atoms with Crippen LogP contribution in [0.1, 0.15) is 43.0 Å². The van der Waals surface area contributed by atoms with Crippen molar-refractivity contribution < 1.29 is 9.53 Å². The molecule has 0 saturated carbocycles. The molecule has 2 nitrogen and oxygen atoms in total. The topological polar surface area (TPSA) is 26.3 Å². The van der Waals surface area contributed by atoms with Crippen molar-refractivity contribution in [2.75, 3.05) is 7.11 Å². The maximum atomic E-state index is 11.8. The molecule has 1 rings (SSSR count). The van der Waals surface area contributed by atoms with E-state index in [-0.39, 0.29) is 11.9 Å². The zero-order chi connectivity index (χ0) is 11.8. The number of benzene rings is 1. The molecule has 0 bridgehead atoms. The third-order valence-electron chi connectivity index (χ3n) is 2.73. The lowest BCUT2D eigenvalue weighted by Crippen LogP contribution is -2.12. The SMILES string of the molecule is CCCC(CCC(=O)c1ccccc1)OC. The zero-order valence-corrected chi connectivity index (χ0v) is 10.1. The summed E-state index contributed by atoms with van der Waals surface area (Å²) in [5.74, 6) is 0.207. The highest BCUT2D eigenvalue weighted by Gasteiger charge is 2.10. The first kappa shape index (κ1) is 12.9. The van der Waals surface area contributed by atoms with Crippen molar-refractivity contribution in [3.63, 3.8) is 0 Å². The summed E-state index contributed by atoms with van der Waals surface area (Å²) in [6.07, 6.45) is 3.73. The molecule has 0 amide bonds. The van der Waals surface area contributed by atoms with E-state index in [9.17, 15) is 4.79 Å². The van der Waals surface area contributed by atoms with Crippen molar-refractivity contribution in [2.45, 2.75) is 38.7 Å². The number of carbonyl (C=O) groups is 1. The maximum Gasteiger partial charge on any atom is 0.162 e. The largest absolute Gasteiger partial charge is 0.381 e. The van der Waals surface area contributed by atoms with E-state index in [0.717, 1.165) is 24.8 Å². The molecule has 1 unspecified atom stereocenters. The Kier molecular flexibility index (Phi) is 5.79. The van der Waals surface area contributed by atoms with Crippen LogP contribution in [0.5, 0.6) is 0 Å². The minimum Gasteiger partial charge on any atom is -0.381 e. The zero-order valence-electron chi connectivity index (χ0n) is 10.1. The molecule has 88 valence electrons. The highest BCUT2D eigenvalue weighted by Crippen LogP contribution is 2.12. The number of rotatable bonds is 7. The molecule has 0 heterocycles. The third-order valence-corrected chi connectivity index (χ3v) is 2.73. The van der Waals surface area contributed by atoms with Gasteiger partial charge in [0.25, 0.3) is 0 Å². The Balaban J connectivity index is 2.40. The van der Waals surface area contributed by atoms with E-state index in [4.69, 9.17) is 4.74 Å². The predicted octanol–water partition coefficient (Wildman–Crippen LogP) is 3.46. The van der Waals surface area contributed by atoms with Gasteiger partial charge in [-0.15, -0.1) is 0 Å². The van der Waals surface area contributed by atoms with E-state index in [2.05, 4.69) is 6.92 Å². The Labute approximate surface area is 97.6 Å². The molecule has 0 radical (unpaired) electrons. The second kappa shape index (κ2) is 7.18. The molecule has 16 heavy (non-hydrogen) atoms. The van der Waals surface area contributed by atoms with Crippen molar-refractivity contribution in [1.82, 2.24) is 0 Å². The van der Waals surface area contributed by atoms with Gasteiger partial charge in [-0.05, 0) is 12.8 Å². The van der Waals surface area contributed by atoms with E-state index >= 15 is 0 Å². The van der Waals surface area contributed by atoms with Crippen molar-refractivity contribution in [2.24, 2.45) is 0 Å². The number of Topliss-reactive ketones (excluding diaryl/α,β-unsaturated/α-hetero) is 1. The molecule has 0 fully saturated rings. The molecule has 1 atom stereocenters. The average molecular weight is 220 g/mol. The smallest absolute Gasteiger partial charge is 0.162 e. The Morgan fingerprint density at radius 3 is 2.50 bits per heavy atom. The fourth-order valence-electron chi connectivity index (χ4n) is 1.76. The molecular weight excluding hydrogens is 200 g/mol. The molecule has 1 aromatic carbocycles. The van der Waals surface area contributed by atoms with Crippen LogP contribution >= 0.6 is 0 Å². The monoisotopic (exact) mass is 220 g/mol. The maximum absolute atomic E-state index is 11.8. The lowest BCUT2D eigenvalue weighted by molar-refractivity contribution is 0.0770. The minimum atomic E-state index is 0.207. The lowest BCUT2D eigenvalue weighted by atomic mass is 10.0. The summed E-state index contributed by atoms with van der Waals surface area (Å²) in [6.45, 7) is 2.13. The molecule has 0 aliphatic carbocycles. The van der Waals surface area contributed by atoms with E-state index in [1.807, 2.05) is 30.3 Å². The Hall–Kier alpha value is -1.15. The van der Waals surface area contributed by atoms with Crippen LogP contribution in [0, 0.1) is 0 Å². The van der Waals surface area contributed by atoms with Crippen LogP contribution in [-0.4, -0.2) is 19.0 Å². The molecular formula is C14H20O2. The average Bonchev–Trinajstić information content (AvgIpc) is 2.35. The first-order valence-electron chi connectivity index (χ1n) is 5.89. The van der Waals surface area contributed by atoms with Gasteiger partial charge < -0.3 is 4.74 Å². The third kappa shape index (κ3) is 4.15. The van der Waals surface area contributed by atoms with E-state index < -0.39 is 0 Å². The van der Waals surface area contributed by atoms with Crippen molar-refractivity contribution in [3.8, 4) is 0 Å². The fraction of sp³-hybridized carbons (Fsp3) is 0.500. The van der Waals surface area contributed by atoms with E-state index in [1.54, 1.807) is 7.11 Å². The molecule has 2 heteroatoms. The van der Waals surface area contributed by atoms with Crippen LogP contribution in [-0.2, 0) is 4.74 Å². The standard InChI is InChI=1S/C14H20O2/c1-3-7-13(16-2)10-11-14(15)12-8-5-4-6-9-12/h4-6,8-9,13H,3,7,10-11H2,1-2H3. The summed E-state index contributed by atoms with van der Waals surface area (Å²) < 4.78 is 5.32. The highest BCUT2D eigenvalue weighted by molar-refractivity contribution is 5.95. The van der Waals surface area contributed by atoms with Crippen LogP contribution in [0.25, 0.3) is 0 Å². The Morgan fingerprint density at radius 1 is 1.25 bits per heavy atom. The van der Waals surface area contributed by atoms with Crippen molar-refractivity contribution in [1.29, 1.82) is 0 Å². The normalized spacial score (nSPS) is 12.4. The number of methoxy groups -OCH3 is 1. The van der Waals surface area contributed by atoms with Gasteiger partial charge in [0.05, 0.1) is 6.10 Å². The van der Waals surface area contributed by atoms with Gasteiger partial charge in [-0.25, -0.2) is 0 Å². The number of ether oxygens (including phenoxy) is 1. The quantitative estimate of drug-likeness (QED) is 0.658. The second-order valence-electron chi connectivity index (χ2n) is 3.97. The summed E-state index contributed by atoms with van der Waals surface area (Å²) >= 11 is 0. The summed E-state index contributed by atoms with van der Waals surface area (Å²) in [5, 5.41) is 0. The Bertz CT molecular complexity index is 306. The van der Waals surface area contributed by atoms with Crippen LogP contribution in [0.3, 0.4) is 0 Å². The second-order valence-corrected chi connectivity index (χ2v) is 3.97. The predicted molar refractivity (Wildman–Crippen MR) is 65.7 cm³/mol. The van der Waals surface area contributed by atoms with Crippen LogP contribution in [0.4, 0.5) is 0 Å². The number of hydrogen-bond donors (Lipinski definition) is 0. The number of hydrogen-bond acceptors (Lipinski definition) is 2. The molecule has 0 aliphatic rings. The van der Waals surface area contributed by atoms with E-state index in [0.29, 0.717) is 6.42 Å². The summed E-state index contributed by atoms with van der Waals surface area (Å²) in [5.41, 5.74) is 0.800. The Morgan fingerprint density at radius 2 is 1.94 bits per heavy atom. The molecule has 0 spiro atoms. The first-order valence-corrected chi connectivity index (χ1v) is 5.89. The van der Waals surface area contributed by atoms with Gasteiger partial charge in [-0.2, -0.15) is 0 Å². The minimum absolute atomic E-state index is 0.207. The molecule has 0 N–H and O–H groups in total. The highest BCUT2D eigenvalue weighted by atomic mass is 16.5. The van der Waals surface area contributed by atoms with Gasteiger partial charge in [0.1, 0.15) is 0 Å². The van der Waals surface area contributed by atoms with Gasteiger partial charge in [0, 0.05) is 19.1 Å². The number of ketones is 1. The summed E-state index contributed by atoms with van der Waals surface area (Å²) in [6, 6.07) is 9.44.